The zero-order chi connectivity index (χ0) is 13.9. The van der Waals surface area contributed by atoms with Crippen LogP contribution in [0.1, 0.15) is 19.8 Å². The quantitative estimate of drug-likeness (QED) is 0.584. The maximum Gasteiger partial charge on any atom is 0.0976 e. The molecule has 1 aliphatic heterocycles. The lowest BCUT2D eigenvalue weighted by Crippen LogP contribution is -2.50. The van der Waals surface area contributed by atoms with E-state index in [1.165, 1.54) is 0 Å². The zero-order valence-corrected chi connectivity index (χ0v) is 12.3. The molecule has 19 heavy (non-hydrogen) atoms. The summed E-state index contributed by atoms with van der Waals surface area (Å²) in [4.78, 5) is 4.76. The van der Waals surface area contributed by atoms with E-state index in [2.05, 4.69) is 22.8 Å². The first kappa shape index (κ1) is 16.4. The van der Waals surface area contributed by atoms with Crippen LogP contribution in [0.15, 0.2) is 0 Å². The van der Waals surface area contributed by atoms with E-state index >= 15 is 0 Å². The molecule has 0 spiro atoms. The third-order valence-corrected chi connectivity index (χ3v) is 3.58. The first-order valence-corrected chi connectivity index (χ1v) is 7.24. The van der Waals surface area contributed by atoms with Gasteiger partial charge in [-0.25, -0.2) is 0 Å². The van der Waals surface area contributed by atoms with Crippen LogP contribution in [0.3, 0.4) is 0 Å². The van der Waals surface area contributed by atoms with Gasteiger partial charge in [0.25, 0.3) is 0 Å². The Hall–Kier alpha value is -0.670. The first-order valence-electron chi connectivity index (χ1n) is 7.24. The molecule has 1 heterocycles. The molecular formula is C14H27N3O2. The molecule has 0 aliphatic carbocycles. The van der Waals surface area contributed by atoms with Crippen LogP contribution in [0.4, 0.5) is 0 Å². The van der Waals surface area contributed by atoms with Crippen molar-refractivity contribution in [3.05, 3.63) is 0 Å². The fourth-order valence-electron chi connectivity index (χ4n) is 2.36. The first-order chi connectivity index (χ1) is 9.31. The van der Waals surface area contributed by atoms with Crippen LogP contribution in [0.2, 0.25) is 0 Å². The molecule has 0 aromatic rings. The second-order valence-electron chi connectivity index (χ2n) is 4.89. The average molecular weight is 269 g/mol. The number of piperazine rings is 1. The smallest absolute Gasteiger partial charge is 0.0976 e. The van der Waals surface area contributed by atoms with Gasteiger partial charge in [-0.05, 0) is 12.8 Å². The summed E-state index contributed by atoms with van der Waals surface area (Å²) in [6.07, 6.45) is 1.99. The van der Waals surface area contributed by atoms with Crippen molar-refractivity contribution in [3.63, 3.8) is 0 Å². The summed E-state index contributed by atoms with van der Waals surface area (Å²) < 4.78 is 10.4. The summed E-state index contributed by atoms with van der Waals surface area (Å²) >= 11 is 0. The lowest BCUT2D eigenvalue weighted by molar-refractivity contribution is 0.0590. The molecule has 0 bridgehead atoms. The minimum absolute atomic E-state index is 0.0968. The molecule has 110 valence electrons. The van der Waals surface area contributed by atoms with Crippen molar-refractivity contribution in [2.75, 3.05) is 59.7 Å². The minimum Gasteiger partial charge on any atom is -0.382 e. The van der Waals surface area contributed by atoms with Gasteiger partial charge in [0.15, 0.2) is 0 Å². The SMILES string of the molecule is CCC(C#N)N1CCN(CCCOCCOC)CC1. The Morgan fingerprint density at radius 3 is 2.47 bits per heavy atom. The summed E-state index contributed by atoms with van der Waals surface area (Å²) in [5.41, 5.74) is 0. The van der Waals surface area contributed by atoms with E-state index in [1.807, 2.05) is 0 Å². The number of hydrogen-bond acceptors (Lipinski definition) is 5. The molecule has 1 fully saturated rings. The summed E-state index contributed by atoms with van der Waals surface area (Å²) in [5, 5.41) is 9.06. The van der Waals surface area contributed by atoms with Crippen LogP contribution in [0.5, 0.6) is 0 Å². The maximum absolute atomic E-state index is 9.06. The van der Waals surface area contributed by atoms with Gasteiger partial charge in [0.05, 0.1) is 25.3 Å². The molecule has 1 atom stereocenters. The topological polar surface area (TPSA) is 48.7 Å². The fourth-order valence-corrected chi connectivity index (χ4v) is 2.36. The second-order valence-corrected chi connectivity index (χ2v) is 4.89. The van der Waals surface area contributed by atoms with E-state index in [9.17, 15) is 0 Å². The normalized spacial score (nSPS) is 19.2. The van der Waals surface area contributed by atoms with Gasteiger partial charge in [-0.2, -0.15) is 5.26 Å². The monoisotopic (exact) mass is 269 g/mol. The van der Waals surface area contributed by atoms with Gasteiger partial charge >= 0.3 is 0 Å². The molecule has 0 radical (unpaired) electrons. The Bertz CT molecular complexity index is 260. The van der Waals surface area contributed by atoms with Crippen LogP contribution in [0, 0.1) is 11.3 Å². The maximum atomic E-state index is 9.06. The van der Waals surface area contributed by atoms with Gasteiger partial charge < -0.3 is 14.4 Å². The Morgan fingerprint density at radius 1 is 1.16 bits per heavy atom. The molecule has 1 rings (SSSR count). The predicted molar refractivity (Wildman–Crippen MR) is 75.0 cm³/mol. The van der Waals surface area contributed by atoms with E-state index in [1.54, 1.807) is 7.11 Å². The van der Waals surface area contributed by atoms with E-state index in [0.717, 1.165) is 52.2 Å². The molecule has 1 aliphatic rings. The highest BCUT2D eigenvalue weighted by molar-refractivity contribution is 4.92. The van der Waals surface area contributed by atoms with Crippen molar-refractivity contribution in [3.8, 4) is 6.07 Å². The number of ether oxygens (including phenoxy) is 2. The number of rotatable bonds is 9. The molecule has 0 N–H and O–H groups in total. The van der Waals surface area contributed by atoms with E-state index in [0.29, 0.717) is 13.2 Å². The fraction of sp³-hybridized carbons (Fsp3) is 0.929. The van der Waals surface area contributed by atoms with Crippen LogP contribution in [-0.2, 0) is 9.47 Å². The summed E-state index contributed by atoms with van der Waals surface area (Å²) in [6, 6.07) is 2.48. The van der Waals surface area contributed by atoms with Crippen molar-refractivity contribution in [1.29, 1.82) is 5.26 Å². The highest BCUT2D eigenvalue weighted by Crippen LogP contribution is 2.08. The van der Waals surface area contributed by atoms with Crippen molar-refractivity contribution < 1.29 is 9.47 Å². The lowest BCUT2D eigenvalue weighted by Gasteiger charge is -2.36. The minimum atomic E-state index is 0.0968. The Balaban J connectivity index is 2.05. The molecular weight excluding hydrogens is 242 g/mol. The molecule has 0 saturated carbocycles. The largest absolute Gasteiger partial charge is 0.382 e. The zero-order valence-electron chi connectivity index (χ0n) is 12.3. The van der Waals surface area contributed by atoms with Gasteiger partial charge in [-0.1, -0.05) is 6.92 Å². The molecule has 5 nitrogen and oxygen atoms in total. The van der Waals surface area contributed by atoms with Crippen molar-refractivity contribution >= 4 is 0 Å². The summed E-state index contributed by atoms with van der Waals surface area (Å²) in [7, 11) is 1.69. The molecule has 0 amide bonds. The van der Waals surface area contributed by atoms with Crippen LogP contribution in [-0.4, -0.2) is 75.5 Å². The molecule has 1 saturated heterocycles. The lowest BCUT2D eigenvalue weighted by atomic mass is 10.2. The van der Waals surface area contributed by atoms with Crippen molar-refractivity contribution in [1.82, 2.24) is 9.80 Å². The van der Waals surface area contributed by atoms with Gasteiger partial charge in [-0.3, -0.25) is 4.90 Å². The average Bonchev–Trinajstić information content (AvgIpc) is 2.45. The summed E-state index contributed by atoms with van der Waals surface area (Å²) in [6.45, 7) is 9.48. The molecule has 0 aromatic carbocycles. The Labute approximate surface area is 117 Å². The number of methoxy groups -OCH3 is 1. The number of hydrogen-bond donors (Lipinski definition) is 0. The highest BCUT2D eigenvalue weighted by atomic mass is 16.5. The third-order valence-electron chi connectivity index (χ3n) is 3.58. The van der Waals surface area contributed by atoms with Crippen LogP contribution >= 0.6 is 0 Å². The Kier molecular flexibility index (Phi) is 8.76. The van der Waals surface area contributed by atoms with E-state index in [4.69, 9.17) is 14.7 Å². The second kappa shape index (κ2) is 10.2. The van der Waals surface area contributed by atoms with Gasteiger partial charge in [0.2, 0.25) is 0 Å². The molecule has 5 heteroatoms. The predicted octanol–water partition coefficient (Wildman–Crippen LogP) is 0.959. The van der Waals surface area contributed by atoms with E-state index in [-0.39, 0.29) is 6.04 Å². The summed E-state index contributed by atoms with van der Waals surface area (Å²) in [5.74, 6) is 0. The third kappa shape index (κ3) is 6.35. The molecule has 0 aromatic heterocycles. The van der Waals surface area contributed by atoms with Crippen molar-refractivity contribution in [2.45, 2.75) is 25.8 Å². The van der Waals surface area contributed by atoms with Gasteiger partial charge in [0.1, 0.15) is 0 Å². The molecule has 1 unspecified atom stereocenters. The van der Waals surface area contributed by atoms with Crippen molar-refractivity contribution in [2.24, 2.45) is 0 Å². The highest BCUT2D eigenvalue weighted by Gasteiger charge is 2.21. The Morgan fingerprint density at radius 2 is 1.89 bits per heavy atom. The van der Waals surface area contributed by atoms with Gasteiger partial charge in [-0.15, -0.1) is 0 Å². The van der Waals surface area contributed by atoms with Crippen LogP contribution in [0.25, 0.3) is 0 Å². The van der Waals surface area contributed by atoms with E-state index < -0.39 is 0 Å². The van der Waals surface area contributed by atoms with Gasteiger partial charge in [0, 0.05) is 46.4 Å². The number of nitriles is 1. The van der Waals surface area contributed by atoms with Crippen LogP contribution < -0.4 is 0 Å². The number of nitrogens with zero attached hydrogens (tertiary/aromatic N) is 3. The standard InChI is InChI=1S/C14H27N3O2/c1-3-14(13-15)17-8-6-16(7-9-17)5-4-10-19-12-11-18-2/h14H,3-12H2,1-2H3.